The van der Waals surface area contributed by atoms with Crippen LogP contribution in [0, 0.1) is 50.2 Å². The largest absolute Gasteiger partial charge is 0.478 e. The van der Waals surface area contributed by atoms with Crippen LogP contribution >= 0.6 is 11.8 Å². The van der Waals surface area contributed by atoms with Crippen LogP contribution in [0.25, 0.3) is 0 Å². The Morgan fingerprint density at radius 3 is 2.00 bits per heavy atom. The van der Waals surface area contributed by atoms with Gasteiger partial charge in [0.1, 0.15) is 6.10 Å². The van der Waals surface area contributed by atoms with Crippen molar-refractivity contribution in [3.63, 3.8) is 0 Å². The summed E-state index contributed by atoms with van der Waals surface area (Å²) in [6, 6.07) is 0. The third kappa shape index (κ3) is 12.3. The number of amides is 1. The molecule has 4 fully saturated rings. The van der Waals surface area contributed by atoms with Crippen LogP contribution in [0.15, 0.2) is 70.4 Å². The predicted octanol–water partition coefficient (Wildman–Crippen LogP) is 14.0. The van der Waals surface area contributed by atoms with E-state index in [-0.39, 0.29) is 74.1 Å². The van der Waals surface area contributed by atoms with Gasteiger partial charge in [0, 0.05) is 70.6 Å². The number of allylic oxidation sites excluding steroid dienone is 9. The number of hydrogen-bond donors (Lipinski definition) is 2. The second-order valence-electron chi connectivity index (χ2n) is 23.1. The molecule has 9 atom stereocenters. The van der Waals surface area contributed by atoms with E-state index in [1.165, 1.54) is 35.1 Å². The molecule has 0 aromatic heterocycles. The second-order valence-corrected chi connectivity index (χ2v) is 24.3. The first-order chi connectivity index (χ1) is 29.5. The molecule has 1 radical (unpaired) electrons. The summed E-state index contributed by atoms with van der Waals surface area (Å²) in [7, 11) is 0. The fraction of sp³-hybridized carbons (Fsp3) is 0.732. The van der Waals surface area contributed by atoms with E-state index in [0.29, 0.717) is 24.3 Å². The molecule has 0 heterocycles. The Kier molecular flexibility index (Phi) is 19.3. The van der Waals surface area contributed by atoms with E-state index in [4.69, 9.17) is 9.84 Å². The SMILES string of the molecule is CC(C)=CCC/C(C)=C/CC/C(C)=C/CC/C(C)=C/CSCCNC(=O)[C@@]1(C)CC[C@]2(C)CC[C@]3(C)C(=CC[C@@H]4[C@@]5(C)CC[C@H](OC(=O)/C=C\C(=O)O)C(C)(C)[C@@H]5CC[C@]43C)[C@@H]2C1.[Na]. The van der Waals surface area contributed by atoms with Gasteiger partial charge in [0.05, 0.1) is 0 Å². The number of thioether (sulfide) groups is 1. The Bertz CT molecular complexity index is 1870. The van der Waals surface area contributed by atoms with Crippen molar-refractivity contribution in [1.82, 2.24) is 5.32 Å². The van der Waals surface area contributed by atoms with Gasteiger partial charge in [-0.3, -0.25) is 4.79 Å². The monoisotopic (exact) mass is 909 g/mol. The van der Waals surface area contributed by atoms with Crippen molar-refractivity contribution in [2.75, 3.05) is 18.1 Å². The molecule has 0 unspecified atom stereocenters. The molecule has 0 aromatic rings. The van der Waals surface area contributed by atoms with E-state index in [1.807, 2.05) is 11.8 Å². The van der Waals surface area contributed by atoms with E-state index in [0.717, 1.165) is 114 Å². The maximum absolute atomic E-state index is 14.1. The van der Waals surface area contributed by atoms with Gasteiger partial charge in [0.25, 0.3) is 0 Å². The molecule has 1 amide bonds. The number of nitrogens with one attached hydrogen (secondary N) is 1. The van der Waals surface area contributed by atoms with Crippen LogP contribution in [0.3, 0.4) is 0 Å². The molecular formula is C56H87NNaO5S. The fourth-order valence-corrected chi connectivity index (χ4v) is 14.6. The van der Waals surface area contributed by atoms with E-state index in [2.05, 4.69) is 119 Å². The van der Waals surface area contributed by atoms with E-state index >= 15 is 0 Å². The van der Waals surface area contributed by atoms with E-state index in [9.17, 15) is 14.4 Å². The minimum Gasteiger partial charge on any atom is -0.478 e. The fourth-order valence-electron chi connectivity index (χ4n) is 13.8. The molecule has 0 aromatic carbocycles. The first kappa shape index (κ1) is 54.8. The Morgan fingerprint density at radius 1 is 0.766 bits per heavy atom. The number of rotatable bonds is 18. The number of carbonyl (C=O) groups is 3. The number of ether oxygens (including phenoxy) is 1. The van der Waals surface area contributed by atoms with Crippen molar-refractivity contribution >= 4 is 59.2 Å². The number of carboxylic acids is 1. The molecule has 0 saturated heterocycles. The zero-order chi connectivity index (χ0) is 46.4. The van der Waals surface area contributed by atoms with Gasteiger partial charge < -0.3 is 15.2 Å². The molecule has 64 heavy (non-hydrogen) atoms. The molecule has 6 nitrogen and oxygen atoms in total. The van der Waals surface area contributed by atoms with Crippen molar-refractivity contribution < 1.29 is 24.2 Å². The Morgan fingerprint density at radius 2 is 1.38 bits per heavy atom. The predicted molar refractivity (Wildman–Crippen MR) is 270 cm³/mol. The zero-order valence-corrected chi connectivity index (χ0v) is 45.6. The Balaban J connectivity index is 0.00000898. The quantitative estimate of drug-likeness (QED) is 0.0468. The van der Waals surface area contributed by atoms with Gasteiger partial charge in [-0.25, -0.2) is 9.59 Å². The first-order valence-electron chi connectivity index (χ1n) is 24.8. The van der Waals surface area contributed by atoms with Gasteiger partial charge in [0.2, 0.25) is 5.91 Å². The van der Waals surface area contributed by atoms with Crippen LogP contribution in [0.2, 0.25) is 0 Å². The van der Waals surface area contributed by atoms with E-state index < -0.39 is 11.9 Å². The summed E-state index contributed by atoms with van der Waals surface area (Å²) in [6.45, 7) is 28.9. The van der Waals surface area contributed by atoms with Crippen molar-refractivity contribution in [2.45, 2.75) is 192 Å². The smallest absolute Gasteiger partial charge is 0.331 e. The number of hydrogen-bond acceptors (Lipinski definition) is 5. The summed E-state index contributed by atoms with van der Waals surface area (Å²) in [4.78, 5) is 37.8. The van der Waals surface area contributed by atoms with Gasteiger partial charge in [0.15, 0.2) is 0 Å². The van der Waals surface area contributed by atoms with Gasteiger partial charge in [-0.05, 0) is 177 Å². The van der Waals surface area contributed by atoms with Crippen molar-refractivity contribution in [3.8, 4) is 0 Å². The second kappa shape index (κ2) is 22.5. The minimum absolute atomic E-state index is 0. The first-order valence-corrected chi connectivity index (χ1v) is 25.9. The maximum atomic E-state index is 14.1. The number of fused-ring (bicyclic) bond motifs is 7. The average Bonchev–Trinajstić information content (AvgIpc) is 3.20. The van der Waals surface area contributed by atoms with Gasteiger partial charge >= 0.3 is 11.9 Å². The van der Waals surface area contributed by atoms with Crippen molar-refractivity contribution in [2.24, 2.45) is 50.2 Å². The molecule has 0 aliphatic heterocycles. The summed E-state index contributed by atoms with van der Waals surface area (Å²) in [5.74, 6) is 1.80. The van der Waals surface area contributed by atoms with Gasteiger partial charge in [-0.15, -0.1) is 0 Å². The molecule has 8 heteroatoms. The van der Waals surface area contributed by atoms with Crippen molar-refractivity contribution in [1.29, 1.82) is 0 Å². The average molecular weight is 909 g/mol. The molecular weight excluding hydrogens is 822 g/mol. The molecule has 5 aliphatic rings. The summed E-state index contributed by atoms with van der Waals surface area (Å²) >= 11 is 1.91. The molecule has 0 bridgehead atoms. The molecule has 0 spiro atoms. The molecule has 2 N–H and O–H groups in total. The maximum Gasteiger partial charge on any atom is 0.331 e. The number of carboxylic acid groups (broad SMARTS) is 1. The normalized spacial score (nSPS) is 34.8. The third-order valence-electron chi connectivity index (χ3n) is 18.2. The topological polar surface area (TPSA) is 92.7 Å². The van der Waals surface area contributed by atoms with Crippen molar-refractivity contribution in [3.05, 3.63) is 70.4 Å². The standard InChI is InChI=1S/C56H87NO5S.Na/c1-39(2)16-13-17-40(3)18-14-19-41(4)20-15-21-42(5)28-36-63-37-35-57-50(61)53(9)32-31-52(8)33-34-55(11)43(44(52)38-53)22-23-46-54(10)29-27-47(62-49(60)25-24-48(58)59)51(6,7)45(54)26-30-56(46,55)12;/h16,18,20,22,24-25,28,44-47H,13-15,17,19,21,23,26-27,29-38H2,1-12H3,(H,57,61)(H,58,59);/b25-24-,40-18+,41-20+,42-28+;/t44-,45-,46+,47-,52+,53-,54-,55+,56+;/m0./s1. The van der Waals surface area contributed by atoms with Gasteiger partial charge in [-0.1, -0.05) is 107 Å². The Hall–Kier alpha value is -1.80. The van der Waals surface area contributed by atoms with Crippen LogP contribution in [0.4, 0.5) is 0 Å². The summed E-state index contributed by atoms with van der Waals surface area (Å²) in [5.41, 5.74) is 7.47. The van der Waals surface area contributed by atoms with Crippen LogP contribution in [0.1, 0.15) is 186 Å². The summed E-state index contributed by atoms with van der Waals surface area (Å²) in [5, 5.41) is 12.4. The summed E-state index contributed by atoms with van der Waals surface area (Å²) in [6.07, 6.45) is 31.2. The number of esters is 1. The van der Waals surface area contributed by atoms with Crippen LogP contribution in [0.5, 0.6) is 0 Å². The summed E-state index contributed by atoms with van der Waals surface area (Å²) < 4.78 is 5.98. The molecule has 5 aliphatic carbocycles. The van der Waals surface area contributed by atoms with Crippen LogP contribution in [-0.2, 0) is 19.1 Å². The Labute approximate surface area is 416 Å². The van der Waals surface area contributed by atoms with Crippen LogP contribution < -0.4 is 5.32 Å². The number of aliphatic carboxylic acids is 1. The number of carbonyl (C=O) groups excluding carboxylic acids is 2. The molecule has 5 rings (SSSR count). The molecule has 4 saturated carbocycles. The minimum atomic E-state index is -1.14. The van der Waals surface area contributed by atoms with Gasteiger partial charge in [-0.2, -0.15) is 11.8 Å². The third-order valence-corrected chi connectivity index (χ3v) is 19.1. The van der Waals surface area contributed by atoms with E-state index in [1.54, 1.807) is 5.57 Å². The zero-order valence-electron chi connectivity index (χ0n) is 42.8. The molecule has 353 valence electrons. The van der Waals surface area contributed by atoms with Crippen LogP contribution in [-0.4, -0.2) is 76.7 Å².